The van der Waals surface area contributed by atoms with Gasteiger partial charge in [0.15, 0.2) is 5.84 Å². The fourth-order valence-electron chi connectivity index (χ4n) is 2.50. The number of benzene rings is 2. The number of ether oxygens (including phenoxy) is 2. The maximum Gasteiger partial charge on any atom is 0.303 e. The predicted molar refractivity (Wildman–Crippen MR) is 95.0 cm³/mol. The van der Waals surface area contributed by atoms with Crippen LogP contribution in [0.5, 0.6) is 11.5 Å². The average molecular weight is 347 g/mol. The summed E-state index contributed by atoms with van der Waals surface area (Å²) in [5, 5.41) is 10.8. The van der Waals surface area contributed by atoms with E-state index in [4.69, 9.17) is 9.47 Å². The fourth-order valence-corrected chi connectivity index (χ4v) is 2.50. The molecule has 2 aromatic rings. The van der Waals surface area contributed by atoms with E-state index in [2.05, 4.69) is 25.4 Å². The molecule has 0 unspecified atom stereocenters. The van der Waals surface area contributed by atoms with Gasteiger partial charge in [-0.05, 0) is 22.9 Å². The monoisotopic (exact) mass is 347 g/mol. The Hall–Kier alpha value is -3.68. The SMILES string of the molecule is COc1cc(OCc2ccccc2)ccc1C1=NC(=O)C2=NN=NC2=N1. The van der Waals surface area contributed by atoms with Crippen LogP contribution in [0.1, 0.15) is 11.1 Å². The second-order valence-corrected chi connectivity index (χ2v) is 5.45. The molecule has 0 atom stereocenters. The third-order valence-electron chi connectivity index (χ3n) is 3.78. The van der Waals surface area contributed by atoms with Crippen molar-refractivity contribution in [1.29, 1.82) is 0 Å². The van der Waals surface area contributed by atoms with Gasteiger partial charge in [0.1, 0.15) is 18.1 Å². The first kappa shape index (κ1) is 15.8. The number of aliphatic imine (C=N–C) groups is 2. The number of rotatable bonds is 5. The minimum absolute atomic E-state index is 0.0514. The van der Waals surface area contributed by atoms with Crippen molar-refractivity contribution in [2.45, 2.75) is 6.61 Å². The molecule has 2 aromatic carbocycles. The lowest BCUT2D eigenvalue weighted by Crippen LogP contribution is -2.26. The molecule has 0 radical (unpaired) electrons. The maximum atomic E-state index is 12.0. The van der Waals surface area contributed by atoms with Gasteiger partial charge in [-0.3, -0.25) is 4.79 Å². The van der Waals surface area contributed by atoms with Gasteiger partial charge in [0.05, 0.1) is 12.7 Å². The second kappa shape index (κ2) is 6.67. The number of carbonyl (C=O) groups is 1. The molecule has 0 saturated heterocycles. The molecular formula is C18H13N5O3. The van der Waals surface area contributed by atoms with Gasteiger partial charge in [-0.2, -0.15) is 4.99 Å². The molecule has 1 amide bonds. The number of amides is 1. The van der Waals surface area contributed by atoms with Gasteiger partial charge < -0.3 is 9.47 Å². The lowest BCUT2D eigenvalue weighted by molar-refractivity contribution is -0.111. The highest BCUT2D eigenvalue weighted by molar-refractivity contribution is 6.69. The van der Waals surface area contributed by atoms with Gasteiger partial charge in [0.2, 0.25) is 11.5 Å². The van der Waals surface area contributed by atoms with Crippen molar-refractivity contribution in [2.24, 2.45) is 25.4 Å². The first-order valence-electron chi connectivity index (χ1n) is 7.80. The Balaban J connectivity index is 1.59. The quantitative estimate of drug-likeness (QED) is 0.831. The molecule has 2 heterocycles. The summed E-state index contributed by atoms with van der Waals surface area (Å²) in [6.45, 7) is 0.436. The average Bonchev–Trinajstić information content (AvgIpc) is 3.16. The van der Waals surface area contributed by atoms with E-state index in [1.54, 1.807) is 18.2 Å². The zero-order valence-corrected chi connectivity index (χ0v) is 13.8. The summed E-state index contributed by atoms with van der Waals surface area (Å²) in [5.74, 6) is 0.957. The summed E-state index contributed by atoms with van der Waals surface area (Å²) in [7, 11) is 1.53. The Bertz CT molecular complexity index is 993. The third kappa shape index (κ3) is 3.00. The van der Waals surface area contributed by atoms with E-state index in [9.17, 15) is 4.79 Å². The minimum Gasteiger partial charge on any atom is -0.496 e. The number of methoxy groups -OCH3 is 1. The van der Waals surface area contributed by atoms with Gasteiger partial charge in [-0.15, -0.1) is 10.2 Å². The Morgan fingerprint density at radius 2 is 1.85 bits per heavy atom. The standard InChI is InChI=1S/C18H13N5O3/c1-25-14-9-12(26-10-11-5-3-2-4-6-11)7-8-13(14)16-19-17-15(18(24)20-16)21-23-22-17/h2-9H,10H2,1H3. The normalized spacial score (nSPS) is 15.1. The summed E-state index contributed by atoms with van der Waals surface area (Å²) in [6, 6.07) is 15.1. The molecule has 2 aliphatic rings. The molecule has 0 fully saturated rings. The van der Waals surface area contributed by atoms with Crippen LogP contribution in [-0.4, -0.2) is 30.4 Å². The van der Waals surface area contributed by atoms with Gasteiger partial charge in [-0.25, -0.2) is 4.99 Å². The van der Waals surface area contributed by atoms with Crippen molar-refractivity contribution in [2.75, 3.05) is 7.11 Å². The third-order valence-corrected chi connectivity index (χ3v) is 3.78. The van der Waals surface area contributed by atoms with Crippen molar-refractivity contribution in [3.05, 3.63) is 59.7 Å². The van der Waals surface area contributed by atoms with Crippen molar-refractivity contribution in [1.82, 2.24) is 0 Å². The molecule has 0 spiro atoms. The van der Waals surface area contributed by atoms with Crippen LogP contribution in [0, 0.1) is 0 Å². The molecule has 0 aromatic heterocycles. The lowest BCUT2D eigenvalue weighted by atomic mass is 10.1. The molecule has 0 N–H and O–H groups in total. The highest BCUT2D eigenvalue weighted by atomic mass is 16.5. The van der Waals surface area contributed by atoms with Crippen LogP contribution in [0.4, 0.5) is 0 Å². The van der Waals surface area contributed by atoms with E-state index in [0.717, 1.165) is 5.56 Å². The Kier molecular flexibility index (Phi) is 4.06. The predicted octanol–water partition coefficient (Wildman–Crippen LogP) is 2.78. The van der Waals surface area contributed by atoms with E-state index < -0.39 is 5.91 Å². The van der Waals surface area contributed by atoms with Crippen molar-refractivity contribution >= 4 is 23.3 Å². The van der Waals surface area contributed by atoms with E-state index >= 15 is 0 Å². The highest BCUT2D eigenvalue weighted by Crippen LogP contribution is 2.27. The van der Waals surface area contributed by atoms with E-state index in [-0.39, 0.29) is 17.4 Å². The van der Waals surface area contributed by atoms with Crippen LogP contribution in [-0.2, 0) is 11.4 Å². The van der Waals surface area contributed by atoms with Gasteiger partial charge in [0, 0.05) is 6.07 Å². The first-order valence-corrected chi connectivity index (χ1v) is 7.80. The number of nitrogens with zero attached hydrogens (tertiary/aromatic N) is 5. The number of amidine groups is 2. The molecule has 0 aliphatic carbocycles. The molecule has 0 saturated carbocycles. The maximum absolute atomic E-state index is 12.0. The number of carbonyl (C=O) groups excluding carboxylic acids is 1. The number of hydrogen-bond donors (Lipinski definition) is 0. The van der Waals surface area contributed by atoms with Crippen LogP contribution in [0.2, 0.25) is 0 Å². The molecule has 8 nitrogen and oxygen atoms in total. The van der Waals surface area contributed by atoms with Crippen LogP contribution in [0.25, 0.3) is 0 Å². The van der Waals surface area contributed by atoms with Crippen molar-refractivity contribution in [3.63, 3.8) is 0 Å². The Morgan fingerprint density at radius 1 is 1.00 bits per heavy atom. The second-order valence-electron chi connectivity index (χ2n) is 5.45. The molecule has 128 valence electrons. The van der Waals surface area contributed by atoms with Gasteiger partial charge >= 0.3 is 5.91 Å². The molecule has 2 aliphatic heterocycles. The summed E-state index contributed by atoms with van der Waals surface area (Å²) in [5.41, 5.74) is 1.67. The van der Waals surface area contributed by atoms with E-state index in [0.29, 0.717) is 23.7 Å². The zero-order chi connectivity index (χ0) is 17.9. The van der Waals surface area contributed by atoms with Crippen molar-refractivity contribution in [3.8, 4) is 11.5 Å². The van der Waals surface area contributed by atoms with Crippen LogP contribution >= 0.6 is 0 Å². The molecular weight excluding hydrogens is 334 g/mol. The topological polar surface area (TPSA) is 97.3 Å². The van der Waals surface area contributed by atoms with Crippen LogP contribution in [0.15, 0.2) is 74.0 Å². The highest BCUT2D eigenvalue weighted by Gasteiger charge is 2.29. The molecule has 0 bridgehead atoms. The molecule has 26 heavy (non-hydrogen) atoms. The summed E-state index contributed by atoms with van der Waals surface area (Å²) in [4.78, 5) is 20.2. The fraction of sp³-hybridized carbons (Fsp3) is 0.111. The van der Waals surface area contributed by atoms with Gasteiger partial charge in [-0.1, -0.05) is 30.3 Å². The van der Waals surface area contributed by atoms with Crippen molar-refractivity contribution < 1.29 is 14.3 Å². The van der Waals surface area contributed by atoms with Crippen LogP contribution < -0.4 is 9.47 Å². The number of fused-ring (bicyclic) bond motifs is 1. The van der Waals surface area contributed by atoms with E-state index in [1.165, 1.54) is 7.11 Å². The Labute approximate surface area is 148 Å². The zero-order valence-electron chi connectivity index (χ0n) is 13.8. The summed E-state index contributed by atoms with van der Waals surface area (Å²) in [6.07, 6.45) is 0. The van der Waals surface area contributed by atoms with Crippen LogP contribution in [0.3, 0.4) is 0 Å². The first-order chi connectivity index (χ1) is 12.7. The largest absolute Gasteiger partial charge is 0.496 e. The van der Waals surface area contributed by atoms with E-state index in [1.807, 2.05) is 30.3 Å². The molecule has 8 heteroatoms. The Morgan fingerprint density at radius 3 is 2.65 bits per heavy atom. The smallest absolute Gasteiger partial charge is 0.303 e. The molecule has 4 rings (SSSR count). The lowest BCUT2D eigenvalue weighted by Gasteiger charge is -2.13. The minimum atomic E-state index is -0.526. The number of hydrogen-bond acceptors (Lipinski definition) is 7. The summed E-state index contributed by atoms with van der Waals surface area (Å²) < 4.78 is 11.2. The van der Waals surface area contributed by atoms with Gasteiger partial charge in [0.25, 0.3) is 0 Å². The summed E-state index contributed by atoms with van der Waals surface area (Å²) >= 11 is 0.